The molecule has 2 aromatic rings. The highest BCUT2D eigenvalue weighted by Crippen LogP contribution is 2.20. The molecular formula is C17H14Br2ClNO3. The van der Waals surface area contributed by atoms with Crippen LogP contribution >= 0.6 is 43.5 Å². The Hall–Kier alpha value is -1.37. The standard InChI is InChI=1S/C17H14Br2ClNO3/c1-24-17(23)15(6-10-3-2-4-14(20)5-10)21-16(22)11-7-12(18)9-13(19)8-11/h2-5,7-9,15H,6H2,1H3,(H,21,22)/t15-/m0/s1. The van der Waals surface area contributed by atoms with Crippen molar-refractivity contribution < 1.29 is 14.3 Å². The number of methoxy groups -OCH3 is 1. The quantitative estimate of drug-likeness (QED) is 0.653. The van der Waals surface area contributed by atoms with Gasteiger partial charge in [-0.25, -0.2) is 4.79 Å². The molecule has 0 bridgehead atoms. The lowest BCUT2D eigenvalue weighted by atomic mass is 10.1. The lowest BCUT2D eigenvalue weighted by molar-refractivity contribution is -0.142. The fraction of sp³-hybridized carbons (Fsp3) is 0.176. The summed E-state index contributed by atoms with van der Waals surface area (Å²) in [6.45, 7) is 0. The zero-order chi connectivity index (χ0) is 17.7. The number of hydrogen-bond donors (Lipinski definition) is 1. The number of esters is 1. The molecular weight excluding hydrogens is 461 g/mol. The normalized spacial score (nSPS) is 11.7. The summed E-state index contributed by atoms with van der Waals surface area (Å²) in [7, 11) is 1.29. The maximum absolute atomic E-state index is 12.5. The SMILES string of the molecule is COC(=O)[C@H](Cc1cccc(Cl)c1)NC(=O)c1cc(Br)cc(Br)c1. The van der Waals surface area contributed by atoms with E-state index in [2.05, 4.69) is 37.2 Å². The van der Waals surface area contributed by atoms with Crippen molar-refractivity contribution in [2.75, 3.05) is 7.11 Å². The van der Waals surface area contributed by atoms with Crippen LogP contribution in [0.2, 0.25) is 5.02 Å². The highest BCUT2D eigenvalue weighted by molar-refractivity contribution is 9.11. The molecule has 24 heavy (non-hydrogen) atoms. The first-order valence-corrected chi connectivity index (χ1v) is 8.94. The number of ether oxygens (including phenoxy) is 1. The minimum atomic E-state index is -0.807. The van der Waals surface area contributed by atoms with Gasteiger partial charge >= 0.3 is 5.97 Å². The Morgan fingerprint density at radius 1 is 1.17 bits per heavy atom. The van der Waals surface area contributed by atoms with Crippen LogP contribution < -0.4 is 5.32 Å². The van der Waals surface area contributed by atoms with E-state index in [-0.39, 0.29) is 12.3 Å². The number of carbonyl (C=O) groups is 2. The van der Waals surface area contributed by atoms with Crippen LogP contribution in [0, 0.1) is 0 Å². The Kier molecular flexibility index (Phi) is 6.83. The maximum Gasteiger partial charge on any atom is 0.328 e. The van der Waals surface area contributed by atoms with Crippen molar-refractivity contribution in [3.8, 4) is 0 Å². The number of rotatable bonds is 5. The molecule has 0 radical (unpaired) electrons. The fourth-order valence-corrected chi connectivity index (χ4v) is 3.67. The number of halogens is 3. The second-order valence-corrected chi connectivity index (χ2v) is 7.31. The number of carbonyl (C=O) groups excluding carboxylic acids is 2. The zero-order valence-electron chi connectivity index (χ0n) is 12.7. The maximum atomic E-state index is 12.5. The van der Waals surface area contributed by atoms with E-state index in [1.807, 2.05) is 12.1 Å². The average molecular weight is 476 g/mol. The molecule has 0 spiro atoms. The van der Waals surface area contributed by atoms with Gasteiger partial charge in [0.1, 0.15) is 6.04 Å². The summed E-state index contributed by atoms with van der Waals surface area (Å²) in [5, 5.41) is 3.28. The highest BCUT2D eigenvalue weighted by atomic mass is 79.9. The molecule has 0 aliphatic rings. The second kappa shape index (κ2) is 8.65. The van der Waals surface area contributed by atoms with Crippen LogP contribution in [-0.4, -0.2) is 25.0 Å². The van der Waals surface area contributed by atoms with Crippen molar-refractivity contribution in [3.63, 3.8) is 0 Å². The average Bonchev–Trinajstić information content (AvgIpc) is 2.52. The Bertz CT molecular complexity index is 747. The first kappa shape index (κ1) is 19.0. The highest BCUT2D eigenvalue weighted by Gasteiger charge is 2.23. The van der Waals surface area contributed by atoms with E-state index < -0.39 is 12.0 Å². The van der Waals surface area contributed by atoms with Crippen LogP contribution in [0.5, 0.6) is 0 Å². The summed E-state index contributed by atoms with van der Waals surface area (Å²) < 4.78 is 6.31. The molecule has 0 fully saturated rings. The first-order valence-electron chi connectivity index (χ1n) is 6.98. The van der Waals surface area contributed by atoms with Gasteiger partial charge in [0.2, 0.25) is 0 Å². The van der Waals surface area contributed by atoms with E-state index >= 15 is 0 Å². The molecule has 0 unspecified atom stereocenters. The summed E-state index contributed by atoms with van der Waals surface area (Å²) in [6.07, 6.45) is 0.286. The topological polar surface area (TPSA) is 55.4 Å². The van der Waals surface area contributed by atoms with E-state index in [4.69, 9.17) is 16.3 Å². The third-order valence-corrected chi connectivity index (χ3v) is 4.40. The zero-order valence-corrected chi connectivity index (χ0v) is 16.6. The number of amides is 1. The largest absolute Gasteiger partial charge is 0.467 e. The summed E-state index contributed by atoms with van der Waals surface area (Å²) in [4.78, 5) is 24.5. The minimum Gasteiger partial charge on any atom is -0.467 e. The van der Waals surface area contributed by atoms with Crippen LogP contribution in [0.1, 0.15) is 15.9 Å². The molecule has 0 saturated heterocycles. The third kappa shape index (κ3) is 5.33. The Morgan fingerprint density at radius 3 is 2.42 bits per heavy atom. The van der Waals surface area contributed by atoms with Crippen molar-refractivity contribution in [1.29, 1.82) is 0 Å². The van der Waals surface area contributed by atoms with E-state index in [9.17, 15) is 9.59 Å². The van der Waals surface area contributed by atoms with Gasteiger partial charge in [-0.1, -0.05) is 55.6 Å². The van der Waals surface area contributed by atoms with E-state index in [1.54, 1.807) is 30.3 Å². The second-order valence-electron chi connectivity index (χ2n) is 5.04. The Morgan fingerprint density at radius 2 is 1.83 bits per heavy atom. The van der Waals surface area contributed by atoms with Crippen molar-refractivity contribution in [2.45, 2.75) is 12.5 Å². The van der Waals surface area contributed by atoms with Crippen molar-refractivity contribution >= 4 is 55.3 Å². The van der Waals surface area contributed by atoms with Crippen LogP contribution in [0.25, 0.3) is 0 Å². The predicted molar refractivity (Wildman–Crippen MR) is 100 cm³/mol. The van der Waals surface area contributed by atoms with Crippen LogP contribution in [-0.2, 0) is 16.0 Å². The molecule has 0 saturated carbocycles. The van der Waals surface area contributed by atoms with Gasteiger partial charge in [0.15, 0.2) is 0 Å². The smallest absolute Gasteiger partial charge is 0.328 e. The molecule has 0 heterocycles. The third-order valence-electron chi connectivity index (χ3n) is 3.24. The minimum absolute atomic E-state index is 0.286. The molecule has 7 heteroatoms. The fourth-order valence-electron chi connectivity index (χ4n) is 2.16. The van der Waals surface area contributed by atoms with Gasteiger partial charge in [0.25, 0.3) is 5.91 Å². The molecule has 2 aromatic carbocycles. The van der Waals surface area contributed by atoms with Crippen molar-refractivity contribution in [3.05, 3.63) is 67.6 Å². The predicted octanol–water partition coefficient (Wildman–Crippen LogP) is 4.38. The summed E-state index contributed by atoms with van der Waals surface area (Å²) in [6, 6.07) is 11.5. The molecule has 1 atom stereocenters. The molecule has 126 valence electrons. The lowest BCUT2D eigenvalue weighted by Gasteiger charge is -2.17. The first-order chi connectivity index (χ1) is 11.4. The Labute approximate surface area is 161 Å². The number of hydrogen-bond acceptors (Lipinski definition) is 3. The van der Waals surface area contributed by atoms with Gasteiger partial charge in [-0.2, -0.15) is 0 Å². The molecule has 1 N–H and O–H groups in total. The van der Waals surface area contributed by atoms with Gasteiger partial charge in [-0.05, 0) is 35.9 Å². The molecule has 4 nitrogen and oxygen atoms in total. The molecule has 0 aliphatic carbocycles. The Balaban J connectivity index is 2.19. The van der Waals surface area contributed by atoms with E-state index in [0.29, 0.717) is 10.6 Å². The van der Waals surface area contributed by atoms with Crippen molar-refractivity contribution in [1.82, 2.24) is 5.32 Å². The van der Waals surface area contributed by atoms with Gasteiger partial charge in [-0.15, -0.1) is 0 Å². The van der Waals surface area contributed by atoms with Crippen LogP contribution in [0.15, 0.2) is 51.4 Å². The van der Waals surface area contributed by atoms with E-state index in [1.165, 1.54) is 7.11 Å². The molecule has 2 rings (SSSR count). The number of nitrogens with one attached hydrogen (secondary N) is 1. The van der Waals surface area contributed by atoms with Gasteiger partial charge in [-0.3, -0.25) is 4.79 Å². The van der Waals surface area contributed by atoms with Gasteiger partial charge in [0, 0.05) is 26.0 Å². The van der Waals surface area contributed by atoms with Crippen molar-refractivity contribution in [2.24, 2.45) is 0 Å². The summed E-state index contributed by atoms with van der Waals surface area (Å²) >= 11 is 12.6. The van der Waals surface area contributed by atoms with Gasteiger partial charge < -0.3 is 10.1 Å². The molecule has 0 aromatic heterocycles. The monoisotopic (exact) mass is 473 g/mol. The molecule has 1 amide bonds. The number of benzene rings is 2. The lowest BCUT2D eigenvalue weighted by Crippen LogP contribution is -2.43. The summed E-state index contributed by atoms with van der Waals surface area (Å²) in [5.74, 6) is -0.883. The summed E-state index contributed by atoms with van der Waals surface area (Å²) in [5.41, 5.74) is 1.25. The van der Waals surface area contributed by atoms with Gasteiger partial charge in [0.05, 0.1) is 7.11 Å². The molecule has 0 aliphatic heterocycles. The van der Waals surface area contributed by atoms with Crippen LogP contribution in [0.3, 0.4) is 0 Å². The van der Waals surface area contributed by atoms with E-state index in [0.717, 1.165) is 14.5 Å². The van der Waals surface area contributed by atoms with Crippen LogP contribution in [0.4, 0.5) is 0 Å².